The SMILES string of the molecule is Cc1cnc(O[C@@H]2CO[C@H](COC(=O)c3ccc([N+](=O)[O-])cc3)C2)n(C(=O)c2ccccc2)c1=O. The predicted molar refractivity (Wildman–Crippen MR) is 122 cm³/mol. The van der Waals surface area contributed by atoms with Crippen LogP contribution in [0.3, 0.4) is 0 Å². The number of nitro groups is 1. The molecule has 0 N–H and O–H groups in total. The Morgan fingerprint density at radius 1 is 1.14 bits per heavy atom. The second kappa shape index (κ2) is 10.3. The number of aryl methyl sites for hydroxylation is 1. The Morgan fingerprint density at radius 2 is 1.86 bits per heavy atom. The van der Waals surface area contributed by atoms with Gasteiger partial charge in [-0.15, -0.1) is 0 Å². The van der Waals surface area contributed by atoms with Gasteiger partial charge in [0.2, 0.25) is 0 Å². The van der Waals surface area contributed by atoms with Crippen LogP contribution in [0.2, 0.25) is 0 Å². The van der Waals surface area contributed by atoms with Gasteiger partial charge in [0.25, 0.3) is 17.2 Å². The van der Waals surface area contributed by atoms with E-state index in [-0.39, 0.29) is 30.5 Å². The molecule has 4 rings (SSSR count). The van der Waals surface area contributed by atoms with Gasteiger partial charge in [-0.3, -0.25) is 19.7 Å². The van der Waals surface area contributed by atoms with Gasteiger partial charge < -0.3 is 14.2 Å². The number of hydrogen-bond donors (Lipinski definition) is 0. The normalized spacial score (nSPS) is 17.1. The van der Waals surface area contributed by atoms with Crippen LogP contribution in [-0.2, 0) is 9.47 Å². The van der Waals surface area contributed by atoms with Crippen molar-refractivity contribution in [3.63, 3.8) is 0 Å². The van der Waals surface area contributed by atoms with Crippen LogP contribution in [0.25, 0.3) is 0 Å². The smallest absolute Gasteiger partial charge is 0.338 e. The lowest BCUT2D eigenvalue weighted by Gasteiger charge is -2.16. The molecule has 1 saturated heterocycles. The molecular weight excluding hydrogens is 458 g/mol. The Balaban J connectivity index is 1.39. The fourth-order valence-electron chi connectivity index (χ4n) is 3.49. The largest absolute Gasteiger partial charge is 0.459 e. The summed E-state index contributed by atoms with van der Waals surface area (Å²) in [4.78, 5) is 52.2. The lowest BCUT2D eigenvalue weighted by Crippen LogP contribution is -2.33. The first kappa shape index (κ1) is 23.8. The van der Waals surface area contributed by atoms with Gasteiger partial charge in [-0.1, -0.05) is 18.2 Å². The number of aromatic nitrogens is 2. The fourth-order valence-corrected chi connectivity index (χ4v) is 3.49. The summed E-state index contributed by atoms with van der Waals surface area (Å²) < 4.78 is 17.6. The first-order valence-corrected chi connectivity index (χ1v) is 10.7. The first-order chi connectivity index (χ1) is 16.8. The van der Waals surface area contributed by atoms with Crippen molar-refractivity contribution in [1.29, 1.82) is 0 Å². The summed E-state index contributed by atoms with van der Waals surface area (Å²) in [7, 11) is 0. The molecule has 2 aromatic carbocycles. The molecule has 0 bridgehead atoms. The Morgan fingerprint density at radius 3 is 2.54 bits per heavy atom. The number of benzene rings is 2. The Labute approximate surface area is 199 Å². The van der Waals surface area contributed by atoms with E-state index in [9.17, 15) is 24.5 Å². The number of ether oxygens (including phenoxy) is 3. The standard InChI is InChI=1S/C24H21N3O8/c1-15-12-25-24(26(21(15)28)22(29)16-5-3-2-4-6-16)35-20-11-19(33-14-20)13-34-23(30)17-7-9-18(10-8-17)27(31)32/h2-10,12,19-20H,11,13-14H2,1H3/t19-,20-/m0/s1. The molecule has 180 valence electrons. The summed E-state index contributed by atoms with van der Waals surface area (Å²) in [5.74, 6) is -1.20. The van der Waals surface area contributed by atoms with Crippen LogP contribution < -0.4 is 10.3 Å². The summed E-state index contributed by atoms with van der Waals surface area (Å²) in [5.41, 5.74) is 0.116. The van der Waals surface area contributed by atoms with Crippen LogP contribution in [0.5, 0.6) is 6.01 Å². The van der Waals surface area contributed by atoms with Crippen LogP contribution in [0.1, 0.15) is 32.7 Å². The van der Waals surface area contributed by atoms with Gasteiger partial charge in [0, 0.05) is 35.9 Å². The fraction of sp³-hybridized carbons (Fsp3) is 0.250. The van der Waals surface area contributed by atoms with E-state index in [0.717, 1.165) is 4.57 Å². The van der Waals surface area contributed by atoms with Gasteiger partial charge in [-0.05, 0) is 31.2 Å². The molecule has 0 unspecified atom stereocenters. The first-order valence-electron chi connectivity index (χ1n) is 10.7. The monoisotopic (exact) mass is 479 g/mol. The number of carbonyl (C=O) groups excluding carboxylic acids is 2. The van der Waals surface area contributed by atoms with Crippen molar-refractivity contribution >= 4 is 17.6 Å². The molecule has 0 radical (unpaired) electrons. The van der Waals surface area contributed by atoms with E-state index in [1.807, 2.05) is 0 Å². The molecule has 0 saturated carbocycles. The number of non-ortho nitro benzene ring substituents is 1. The predicted octanol–water partition coefficient (Wildman–Crippen LogP) is 2.54. The van der Waals surface area contributed by atoms with Crippen molar-refractivity contribution in [2.75, 3.05) is 13.2 Å². The number of hydrogen-bond acceptors (Lipinski definition) is 9. The van der Waals surface area contributed by atoms with E-state index in [0.29, 0.717) is 17.5 Å². The van der Waals surface area contributed by atoms with Crippen molar-refractivity contribution in [2.24, 2.45) is 0 Å². The number of nitrogens with zero attached hydrogens (tertiary/aromatic N) is 3. The number of rotatable bonds is 7. The molecule has 2 heterocycles. The van der Waals surface area contributed by atoms with Gasteiger partial charge in [0.15, 0.2) is 0 Å². The molecule has 1 aliphatic rings. The molecule has 0 spiro atoms. The molecule has 1 aliphatic heterocycles. The van der Waals surface area contributed by atoms with Crippen molar-refractivity contribution in [1.82, 2.24) is 9.55 Å². The van der Waals surface area contributed by atoms with E-state index in [2.05, 4.69) is 4.98 Å². The van der Waals surface area contributed by atoms with Gasteiger partial charge >= 0.3 is 12.0 Å². The molecule has 0 aliphatic carbocycles. The molecule has 1 fully saturated rings. The molecule has 0 amide bonds. The third-order valence-corrected chi connectivity index (χ3v) is 5.35. The van der Waals surface area contributed by atoms with E-state index in [1.54, 1.807) is 37.3 Å². The van der Waals surface area contributed by atoms with E-state index < -0.39 is 34.6 Å². The summed E-state index contributed by atoms with van der Waals surface area (Å²) in [6, 6.07) is 13.2. The zero-order valence-electron chi connectivity index (χ0n) is 18.7. The third kappa shape index (κ3) is 5.41. The molecule has 35 heavy (non-hydrogen) atoms. The maximum Gasteiger partial charge on any atom is 0.338 e. The Kier molecular flexibility index (Phi) is 6.97. The van der Waals surface area contributed by atoms with E-state index in [4.69, 9.17) is 14.2 Å². The summed E-state index contributed by atoms with van der Waals surface area (Å²) in [5, 5.41) is 10.7. The highest BCUT2D eigenvalue weighted by molar-refractivity contribution is 5.96. The lowest BCUT2D eigenvalue weighted by molar-refractivity contribution is -0.384. The quantitative estimate of drug-likeness (QED) is 0.284. The molecule has 2 atom stereocenters. The highest BCUT2D eigenvalue weighted by atomic mass is 16.6. The summed E-state index contributed by atoms with van der Waals surface area (Å²) >= 11 is 0. The lowest BCUT2D eigenvalue weighted by atomic mass is 10.2. The third-order valence-electron chi connectivity index (χ3n) is 5.35. The van der Waals surface area contributed by atoms with Crippen LogP contribution in [0.15, 0.2) is 65.6 Å². The summed E-state index contributed by atoms with van der Waals surface area (Å²) in [6.07, 6.45) is 0.669. The molecular formula is C24H21N3O8. The van der Waals surface area contributed by atoms with Gasteiger partial charge in [0.05, 0.1) is 23.2 Å². The minimum absolute atomic E-state index is 0.0627. The number of nitro benzene ring substituents is 1. The average Bonchev–Trinajstić information content (AvgIpc) is 3.32. The molecule has 11 nitrogen and oxygen atoms in total. The van der Waals surface area contributed by atoms with Crippen molar-refractivity contribution in [2.45, 2.75) is 25.6 Å². The minimum Gasteiger partial charge on any atom is -0.459 e. The van der Waals surface area contributed by atoms with Crippen molar-refractivity contribution in [3.8, 4) is 6.01 Å². The van der Waals surface area contributed by atoms with Crippen LogP contribution in [0.4, 0.5) is 5.69 Å². The molecule has 11 heteroatoms. The number of carbonyl (C=O) groups is 2. The van der Waals surface area contributed by atoms with Crippen LogP contribution in [0, 0.1) is 17.0 Å². The van der Waals surface area contributed by atoms with E-state index in [1.165, 1.54) is 30.5 Å². The van der Waals surface area contributed by atoms with Gasteiger partial charge in [0.1, 0.15) is 12.7 Å². The van der Waals surface area contributed by atoms with Gasteiger partial charge in [-0.25, -0.2) is 9.78 Å². The van der Waals surface area contributed by atoms with E-state index >= 15 is 0 Å². The highest BCUT2D eigenvalue weighted by Gasteiger charge is 2.30. The summed E-state index contributed by atoms with van der Waals surface area (Å²) in [6.45, 7) is 1.64. The second-order valence-electron chi connectivity index (χ2n) is 7.87. The minimum atomic E-state index is -0.643. The second-order valence-corrected chi connectivity index (χ2v) is 7.87. The highest BCUT2D eigenvalue weighted by Crippen LogP contribution is 2.20. The van der Waals surface area contributed by atoms with Crippen molar-refractivity contribution in [3.05, 3.63) is 98.0 Å². The Hall–Kier alpha value is -4.38. The van der Waals surface area contributed by atoms with Gasteiger partial charge in [-0.2, -0.15) is 4.57 Å². The van der Waals surface area contributed by atoms with Crippen molar-refractivity contribution < 1.29 is 28.7 Å². The van der Waals surface area contributed by atoms with Crippen LogP contribution >= 0.6 is 0 Å². The van der Waals surface area contributed by atoms with Crippen LogP contribution in [-0.4, -0.2) is 51.8 Å². The zero-order valence-corrected chi connectivity index (χ0v) is 18.7. The molecule has 3 aromatic rings. The molecule has 1 aromatic heterocycles. The maximum absolute atomic E-state index is 13.0. The average molecular weight is 479 g/mol. The zero-order chi connectivity index (χ0) is 24.9. The number of esters is 1. The Bertz CT molecular complexity index is 1300. The topological polar surface area (TPSA) is 140 Å². The maximum atomic E-state index is 13.0.